The molecule has 0 unspecified atom stereocenters. The monoisotopic (exact) mass is 430 g/mol. The second kappa shape index (κ2) is 8.01. The van der Waals surface area contributed by atoms with E-state index >= 15 is 4.39 Å². The second-order valence-corrected chi connectivity index (χ2v) is 7.99. The number of H-pyrrole nitrogens is 1. The lowest BCUT2D eigenvalue weighted by atomic mass is 10.00. The summed E-state index contributed by atoms with van der Waals surface area (Å²) >= 11 is 0. The van der Waals surface area contributed by atoms with Gasteiger partial charge in [0.15, 0.2) is 0 Å². The van der Waals surface area contributed by atoms with Crippen LogP contribution >= 0.6 is 0 Å². The normalized spacial score (nSPS) is 11.5. The molecule has 4 heterocycles. The molecule has 32 heavy (non-hydrogen) atoms. The van der Waals surface area contributed by atoms with E-state index in [-0.39, 0.29) is 5.82 Å². The van der Waals surface area contributed by atoms with Crippen molar-refractivity contribution in [1.82, 2.24) is 39.8 Å². The third-order valence-corrected chi connectivity index (χ3v) is 5.42. The van der Waals surface area contributed by atoms with Gasteiger partial charge in [-0.05, 0) is 30.2 Å². The summed E-state index contributed by atoms with van der Waals surface area (Å²) in [6.07, 6.45) is 9.07. The highest BCUT2D eigenvalue weighted by Crippen LogP contribution is 2.32. The minimum Gasteiger partial charge on any atom is -0.340 e. The topological polar surface area (TPSA) is 89.2 Å². The Bertz CT molecular complexity index is 1390. The van der Waals surface area contributed by atoms with Crippen molar-refractivity contribution in [2.45, 2.75) is 20.0 Å². The molecule has 0 atom stereocenters. The van der Waals surface area contributed by atoms with Gasteiger partial charge < -0.3 is 9.88 Å². The largest absolute Gasteiger partial charge is 0.340 e. The van der Waals surface area contributed by atoms with Crippen LogP contribution in [-0.2, 0) is 27.2 Å². The Morgan fingerprint density at radius 1 is 1.06 bits per heavy atom. The number of fused-ring (bicyclic) bond motifs is 1. The highest BCUT2D eigenvalue weighted by Gasteiger charge is 2.16. The van der Waals surface area contributed by atoms with Crippen molar-refractivity contribution in [3.05, 3.63) is 72.0 Å². The summed E-state index contributed by atoms with van der Waals surface area (Å²) in [6, 6.07) is 5.44. The molecule has 0 saturated carbocycles. The van der Waals surface area contributed by atoms with Gasteiger partial charge in [0.1, 0.15) is 11.5 Å². The van der Waals surface area contributed by atoms with Gasteiger partial charge in [-0.15, -0.1) is 0 Å². The average Bonchev–Trinajstić information content (AvgIpc) is 3.47. The molecule has 0 aliphatic carbocycles. The zero-order chi connectivity index (χ0) is 22.2. The van der Waals surface area contributed by atoms with Crippen molar-refractivity contribution < 1.29 is 4.39 Å². The number of imidazole rings is 1. The maximum Gasteiger partial charge on any atom is 0.133 e. The minimum atomic E-state index is -0.294. The number of aryl methyl sites for hydroxylation is 3. The molecular weight excluding hydrogens is 407 g/mol. The van der Waals surface area contributed by atoms with E-state index in [0.29, 0.717) is 24.3 Å². The first-order chi connectivity index (χ1) is 15.5. The zero-order valence-electron chi connectivity index (χ0n) is 18.1. The molecule has 0 aliphatic heterocycles. The summed E-state index contributed by atoms with van der Waals surface area (Å²) in [4.78, 5) is 8.78. The van der Waals surface area contributed by atoms with Crippen LogP contribution in [0.4, 0.5) is 4.39 Å². The maximum absolute atomic E-state index is 15.2. The van der Waals surface area contributed by atoms with Crippen LogP contribution in [0.25, 0.3) is 33.4 Å². The van der Waals surface area contributed by atoms with E-state index in [9.17, 15) is 0 Å². The van der Waals surface area contributed by atoms with E-state index in [4.69, 9.17) is 0 Å². The molecule has 1 aromatic carbocycles. The highest BCUT2D eigenvalue weighted by molar-refractivity contribution is 5.94. The number of halogens is 1. The molecule has 0 fully saturated rings. The first-order valence-corrected chi connectivity index (χ1v) is 10.3. The smallest absolute Gasteiger partial charge is 0.133 e. The van der Waals surface area contributed by atoms with Gasteiger partial charge >= 0.3 is 0 Å². The lowest BCUT2D eigenvalue weighted by Gasteiger charge is -2.11. The fraction of sp³-hybridized carbons (Fsp3) is 0.217. The molecule has 0 aliphatic rings. The molecular formula is C23H23FN8. The molecule has 0 saturated heterocycles. The lowest BCUT2D eigenvalue weighted by molar-refractivity contribution is 0.621. The van der Waals surface area contributed by atoms with Crippen molar-refractivity contribution in [2.24, 2.45) is 14.1 Å². The van der Waals surface area contributed by atoms with Crippen LogP contribution in [0.15, 0.2) is 49.3 Å². The number of benzene rings is 1. The molecule has 0 spiro atoms. The first-order valence-electron chi connectivity index (χ1n) is 10.3. The van der Waals surface area contributed by atoms with Crippen molar-refractivity contribution in [1.29, 1.82) is 0 Å². The molecule has 162 valence electrons. The van der Waals surface area contributed by atoms with Gasteiger partial charge in [-0.1, -0.05) is 6.07 Å². The van der Waals surface area contributed by atoms with Crippen molar-refractivity contribution in [2.75, 3.05) is 0 Å². The summed E-state index contributed by atoms with van der Waals surface area (Å²) in [5.74, 6) is -0.294. The summed E-state index contributed by atoms with van der Waals surface area (Å²) in [5, 5.41) is 15.8. The van der Waals surface area contributed by atoms with Gasteiger partial charge in [-0.3, -0.25) is 14.8 Å². The van der Waals surface area contributed by atoms with E-state index in [2.05, 4.69) is 30.6 Å². The minimum absolute atomic E-state index is 0.294. The lowest BCUT2D eigenvalue weighted by Crippen LogP contribution is -2.13. The molecule has 2 N–H and O–H groups in total. The van der Waals surface area contributed by atoms with Crippen LogP contribution in [0.3, 0.4) is 0 Å². The van der Waals surface area contributed by atoms with Crippen molar-refractivity contribution >= 4 is 10.9 Å². The van der Waals surface area contributed by atoms with Crippen LogP contribution in [0.1, 0.15) is 16.8 Å². The van der Waals surface area contributed by atoms with Gasteiger partial charge in [0.2, 0.25) is 0 Å². The molecule has 8 nitrogen and oxygen atoms in total. The number of pyridine rings is 1. The van der Waals surface area contributed by atoms with Crippen LogP contribution in [0.2, 0.25) is 0 Å². The Hall–Kier alpha value is -3.85. The van der Waals surface area contributed by atoms with E-state index in [1.54, 1.807) is 29.5 Å². The highest BCUT2D eigenvalue weighted by atomic mass is 19.1. The number of aromatic nitrogens is 7. The Kier molecular flexibility index (Phi) is 5.02. The Morgan fingerprint density at radius 2 is 1.94 bits per heavy atom. The van der Waals surface area contributed by atoms with Gasteiger partial charge in [0, 0.05) is 56.1 Å². The zero-order valence-corrected chi connectivity index (χ0v) is 18.1. The Labute approximate surface area is 184 Å². The first kappa shape index (κ1) is 20.1. The summed E-state index contributed by atoms with van der Waals surface area (Å²) in [7, 11) is 3.79. The number of rotatable bonds is 6. The van der Waals surface area contributed by atoms with Gasteiger partial charge in [0.05, 0.1) is 35.6 Å². The second-order valence-electron chi connectivity index (χ2n) is 7.99. The van der Waals surface area contributed by atoms with Gasteiger partial charge in [-0.2, -0.15) is 10.2 Å². The molecule has 0 bridgehead atoms. The molecule has 0 radical (unpaired) electrons. The number of nitrogens with zero attached hydrogens (tertiary/aromatic N) is 6. The van der Waals surface area contributed by atoms with E-state index in [1.807, 2.05) is 50.1 Å². The molecule has 5 rings (SSSR count). The van der Waals surface area contributed by atoms with Crippen molar-refractivity contribution in [3.8, 4) is 22.5 Å². The average molecular weight is 430 g/mol. The predicted octanol–water partition coefficient (Wildman–Crippen LogP) is 3.50. The third-order valence-electron chi connectivity index (χ3n) is 5.42. The quantitative estimate of drug-likeness (QED) is 0.430. The van der Waals surface area contributed by atoms with Crippen LogP contribution in [0, 0.1) is 12.7 Å². The van der Waals surface area contributed by atoms with E-state index in [0.717, 1.165) is 39.0 Å². The molecule has 0 amide bonds. The van der Waals surface area contributed by atoms with Crippen molar-refractivity contribution in [3.63, 3.8) is 0 Å². The predicted molar refractivity (Wildman–Crippen MR) is 120 cm³/mol. The van der Waals surface area contributed by atoms with Gasteiger partial charge in [-0.25, -0.2) is 9.37 Å². The number of nitrogens with one attached hydrogen (secondary N) is 2. The van der Waals surface area contributed by atoms with E-state index < -0.39 is 0 Å². The third kappa shape index (κ3) is 3.78. The maximum atomic E-state index is 15.2. The Morgan fingerprint density at radius 3 is 2.66 bits per heavy atom. The number of aromatic amines is 1. The molecule has 5 aromatic rings. The standard InChI is InChI=1S/C23H23FN8/c1-14-4-15(7-25-9-17-12-31(2)13-27-17)5-19(24)22(14)20-6-18-21(10-26-20)29-30-23(18)16-8-28-32(3)11-16/h4-6,8,10-13,25H,7,9H2,1-3H3,(H,29,30). The van der Waals surface area contributed by atoms with Gasteiger partial charge in [0.25, 0.3) is 0 Å². The van der Waals surface area contributed by atoms with E-state index in [1.165, 1.54) is 0 Å². The fourth-order valence-corrected chi connectivity index (χ4v) is 3.95. The molecule has 4 aromatic heterocycles. The summed E-state index contributed by atoms with van der Waals surface area (Å²) in [6.45, 7) is 3.08. The SMILES string of the molecule is Cc1cc(CNCc2cn(C)cn2)cc(F)c1-c1cc2c(-c3cnn(C)c3)n[nH]c2cn1. The van der Waals surface area contributed by atoms with Crippen LogP contribution in [0.5, 0.6) is 0 Å². The summed E-state index contributed by atoms with van der Waals surface area (Å²) in [5.41, 5.74) is 6.18. The number of hydrogen-bond acceptors (Lipinski definition) is 5. The fourth-order valence-electron chi connectivity index (χ4n) is 3.95. The summed E-state index contributed by atoms with van der Waals surface area (Å²) < 4.78 is 18.8. The molecule has 9 heteroatoms. The van der Waals surface area contributed by atoms with Crippen LogP contribution < -0.4 is 5.32 Å². The number of hydrogen-bond donors (Lipinski definition) is 2. The Balaban J connectivity index is 1.42. The van der Waals surface area contributed by atoms with Crippen LogP contribution in [-0.4, -0.2) is 34.5 Å².